The van der Waals surface area contributed by atoms with E-state index in [4.69, 9.17) is 4.98 Å². The Hall–Kier alpha value is -3.11. The molecule has 0 aliphatic carbocycles. The normalized spacial score (nSPS) is 12.0. The van der Waals surface area contributed by atoms with Crippen LogP contribution in [-0.4, -0.2) is 62.7 Å². The summed E-state index contributed by atoms with van der Waals surface area (Å²) in [4.78, 5) is 22.3. The first kappa shape index (κ1) is 26.9. The Kier molecular flexibility index (Phi) is 8.08. The second kappa shape index (κ2) is 11.1. The Bertz CT molecular complexity index is 1500. The van der Waals surface area contributed by atoms with Crippen molar-refractivity contribution in [2.45, 2.75) is 25.3 Å². The van der Waals surface area contributed by atoms with E-state index in [1.165, 1.54) is 27.8 Å². The van der Waals surface area contributed by atoms with Crippen LogP contribution in [0.1, 0.15) is 27.0 Å². The highest BCUT2D eigenvalue weighted by atomic mass is 32.2. The van der Waals surface area contributed by atoms with Crippen LogP contribution in [0.2, 0.25) is 0 Å². The maximum Gasteiger partial charge on any atom is 0.260 e. The Morgan fingerprint density at radius 2 is 1.59 bits per heavy atom. The first-order chi connectivity index (χ1) is 17.6. The molecule has 4 aromatic rings. The highest BCUT2D eigenvalue weighted by Crippen LogP contribution is 2.33. The number of anilines is 1. The number of sulfonamides is 1. The number of hydrogen-bond donors (Lipinski definition) is 0. The third-order valence-electron chi connectivity index (χ3n) is 6.11. The molecule has 0 aliphatic heterocycles. The monoisotopic (exact) mass is 536 g/mol. The quantitative estimate of drug-likeness (QED) is 0.303. The lowest BCUT2D eigenvalue weighted by atomic mass is 10.1. The van der Waals surface area contributed by atoms with Crippen LogP contribution < -0.4 is 4.90 Å². The van der Waals surface area contributed by atoms with Gasteiger partial charge in [0.2, 0.25) is 10.0 Å². The molecule has 0 saturated heterocycles. The lowest BCUT2D eigenvalue weighted by molar-refractivity contribution is 0.0985. The van der Waals surface area contributed by atoms with Gasteiger partial charge in [-0.15, -0.1) is 0 Å². The number of aryl methyl sites for hydroxylation is 2. The third-order valence-corrected chi connectivity index (χ3v) is 9.16. The van der Waals surface area contributed by atoms with E-state index in [2.05, 4.69) is 13.0 Å². The number of amides is 1. The molecule has 0 atom stereocenters. The number of aromatic nitrogens is 1. The summed E-state index contributed by atoms with van der Waals surface area (Å²) in [6.07, 6.45) is 0. The number of likely N-dealkylation sites (N-methyl/N-ethyl adjacent to an activating group) is 1. The number of thiazole rings is 1. The molecule has 3 aromatic carbocycles. The molecule has 9 heteroatoms. The summed E-state index contributed by atoms with van der Waals surface area (Å²) in [6, 6.07) is 19.7. The summed E-state index contributed by atoms with van der Waals surface area (Å²) >= 11 is 1.50. The van der Waals surface area contributed by atoms with Gasteiger partial charge in [-0.2, -0.15) is 4.31 Å². The molecule has 1 aromatic heterocycles. The largest absolute Gasteiger partial charge is 0.308 e. The number of hydrogen-bond acceptors (Lipinski definition) is 6. The summed E-state index contributed by atoms with van der Waals surface area (Å²) in [5, 5.41) is 0.634. The summed E-state index contributed by atoms with van der Waals surface area (Å²) in [7, 11) is 1.77. The van der Waals surface area contributed by atoms with Gasteiger partial charge in [0, 0.05) is 32.2 Å². The van der Waals surface area contributed by atoms with Crippen molar-refractivity contribution in [3.63, 3.8) is 0 Å². The van der Waals surface area contributed by atoms with E-state index in [0.29, 0.717) is 23.8 Å². The van der Waals surface area contributed by atoms with Crippen LogP contribution in [0.25, 0.3) is 10.2 Å². The maximum absolute atomic E-state index is 13.6. The van der Waals surface area contributed by atoms with Gasteiger partial charge in [0.05, 0.1) is 15.1 Å². The van der Waals surface area contributed by atoms with E-state index in [1.807, 2.05) is 62.3 Å². The van der Waals surface area contributed by atoms with Gasteiger partial charge in [0.15, 0.2) is 5.13 Å². The fourth-order valence-corrected chi connectivity index (χ4v) is 6.29. The summed E-state index contributed by atoms with van der Waals surface area (Å²) in [5.41, 5.74) is 4.45. The van der Waals surface area contributed by atoms with Crippen molar-refractivity contribution < 1.29 is 13.2 Å². The number of rotatable bonds is 9. The van der Waals surface area contributed by atoms with Gasteiger partial charge >= 0.3 is 0 Å². The molecule has 0 radical (unpaired) electrons. The molecule has 4 rings (SSSR count). The fourth-order valence-electron chi connectivity index (χ4n) is 4.10. The molecule has 1 heterocycles. The minimum absolute atomic E-state index is 0.147. The highest BCUT2D eigenvalue weighted by molar-refractivity contribution is 7.89. The second-order valence-corrected chi connectivity index (χ2v) is 12.5. The number of benzene rings is 3. The van der Waals surface area contributed by atoms with Crippen molar-refractivity contribution in [2.75, 3.05) is 39.1 Å². The molecule has 37 heavy (non-hydrogen) atoms. The topological polar surface area (TPSA) is 73.8 Å². The van der Waals surface area contributed by atoms with Crippen molar-refractivity contribution >= 4 is 42.6 Å². The average molecular weight is 537 g/mol. The van der Waals surface area contributed by atoms with Crippen LogP contribution in [0.15, 0.2) is 71.6 Å². The minimum atomic E-state index is -3.71. The molecule has 194 valence electrons. The number of carbonyl (C=O) groups is 1. The molecule has 0 saturated carbocycles. The van der Waals surface area contributed by atoms with Crippen molar-refractivity contribution in [3.05, 3.63) is 89.0 Å². The number of nitrogens with zero attached hydrogens (tertiary/aromatic N) is 4. The van der Waals surface area contributed by atoms with Crippen LogP contribution in [0, 0.1) is 13.8 Å². The van der Waals surface area contributed by atoms with Gasteiger partial charge < -0.3 is 4.90 Å². The van der Waals surface area contributed by atoms with Crippen molar-refractivity contribution in [1.82, 2.24) is 14.2 Å². The molecular formula is C28H32N4O3S2. The first-order valence-corrected chi connectivity index (χ1v) is 14.3. The van der Waals surface area contributed by atoms with E-state index in [-0.39, 0.29) is 17.3 Å². The Morgan fingerprint density at radius 3 is 2.24 bits per heavy atom. The molecule has 0 bridgehead atoms. The summed E-state index contributed by atoms with van der Waals surface area (Å²) < 4.78 is 28.6. The van der Waals surface area contributed by atoms with Crippen molar-refractivity contribution in [2.24, 2.45) is 0 Å². The minimum Gasteiger partial charge on any atom is -0.308 e. The van der Waals surface area contributed by atoms with E-state index < -0.39 is 10.0 Å². The summed E-state index contributed by atoms with van der Waals surface area (Å²) in [5.74, 6) is -0.211. The molecule has 7 nitrogen and oxygen atoms in total. The number of carbonyl (C=O) groups excluding carboxylic acids is 1. The predicted molar refractivity (Wildman–Crippen MR) is 151 cm³/mol. The van der Waals surface area contributed by atoms with Crippen LogP contribution in [-0.2, 0) is 16.6 Å². The van der Waals surface area contributed by atoms with Gasteiger partial charge in [-0.3, -0.25) is 9.69 Å². The van der Waals surface area contributed by atoms with Crippen LogP contribution in [0.4, 0.5) is 5.13 Å². The second-order valence-electron chi connectivity index (χ2n) is 9.46. The predicted octanol–water partition coefficient (Wildman–Crippen LogP) is 4.94. The number of fused-ring (bicyclic) bond motifs is 1. The Morgan fingerprint density at radius 1 is 0.919 bits per heavy atom. The fraction of sp³-hybridized carbons (Fsp3) is 0.286. The maximum atomic E-state index is 13.6. The van der Waals surface area contributed by atoms with Crippen LogP contribution in [0.5, 0.6) is 0 Å². The zero-order valence-electron chi connectivity index (χ0n) is 21.8. The molecule has 0 spiro atoms. The lowest BCUT2D eigenvalue weighted by Gasteiger charge is -2.22. The van der Waals surface area contributed by atoms with Crippen molar-refractivity contribution in [3.8, 4) is 0 Å². The van der Waals surface area contributed by atoms with Crippen LogP contribution >= 0.6 is 11.3 Å². The standard InChI is InChI=1S/C28H32N4O3S2/c1-20-17-21(2)26-25(18-20)29-28(36-26)32(16-15-30(3)4)27(33)23-11-13-24(14-12-23)37(34,35)31(5)19-22-9-7-6-8-10-22/h6-14,17-18H,15-16,19H2,1-5H3. The molecule has 0 unspecified atom stereocenters. The molecular weight excluding hydrogens is 504 g/mol. The van der Waals surface area contributed by atoms with Gasteiger partial charge in [0.1, 0.15) is 0 Å². The van der Waals surface area contributed by atoms with E-state index in [9.17, 15) is 13.2 Å². The van der Waals surface area contributed by atoms with Gasteiger partial charge in [0.25, 0.3) is 5.91 Å². The zero-order chi connectivity index (χ0) is 26.7. The van der Waals surface area contributed by atoms with Gasteiger partial charge in [-0.1, -0.05) is 47.7 Å². The molecule has 0 N–H and O–H groups in total. The van der Waals surface area contributed by atoms with E-state index in [0.717, 1.165) is 26.9 Å². The van der Waals surface area contributed by atoms with E-state index in [1.54, 1.807) is 24.1 Å². The van der Waals surface area contributed by atoms with Gasteiger partial charge in [-0.05, 0) is 75.0 Å². The third kappa shape index (κ3) is 6.07. The van der Waals surface area contributed by atoms with Crippen molar-refractivity contribution in [1.29, 1.82) is 0 Å². The first-order valence-electron chi connectivity index (χ1n) is 12.0. The van der Waals surface area contributed by atoms with Crippen LogP contribution in [0.3, 0.4) is 0 Å². The average Bonchev–Trinajstić information content (AvgIpc) is 3.28. The Labute approximate surface area is 223 Å². The zero-order valence-corrected chi connectivity index (χ0v) is 23.4. The molecule has 0 aliphatic rings. The summed E-state index contributed by atoms with van der Waals surface area (Å²) in [6.45, 7) is 5.48. The smallest absolute Gasteiger partial charge is 0.260 e. The molecule has 0 fully saturated rings. The Balaban J connectivity index is 1.60. The highest BCUT2D eigenvalue weighted by Gasteiger charge is 2.24. The lowest BCUT2D eigenvalue weighted by Crippen LogP contribution is -2.36. The SMILES string of the molecule is Cc1cc(C)c2sc(N(CCN(C)C)C(=O)c3ccc(S(=O)(=O)N(C)Cc4ccccc4)cc3)nc2c1. The van der Waals surface area contributed by atoms with E-state index >= 15 is 0 Å². The molecule has 1 amide bonds. The van der Waals surface area contributed by atoms with Gasteiger partial charge in [-0.25, -0.2) is 13.4 Å².